The van der Waals surface area contributed by atoms with Crippen LogP contribution < -0.4 is 16.4 Å². The lowest BCUT2D eigenvalue weighted by Crippen LogP contribution is -2.53. The fourth-order valence-electron chi connectivity index (χ4n) is 1.82. The summed E-state index contributed by atoms with van der Waals surface area (Å²) in [4.78, 5) is 23.3. The maximum Gasteiger partial charge on any atom is 0.245 e. The van der Waals surface area contributed by atoms with Gasteiger partial charge in [0, 0.05) is 20.0 Å². The Labute approximate surface area is 138 Å². The van der Waals surface area contributed by atoms with Gasteiger partial charge in [-0.2, -0.15) is 0 Å². The third kappa shape index (κ3) is 8.95. The number of rotatable bonds is 8. The lowest BCUT2D eigenvalue weighted by atomic mass is 10.1. The average molecular weight is 323 g/mol. The zero-order chi connectivity index (χ0) is 17.7. The highest BCUT2D eigenvalue weighted by molar-refractivity contribution is 5.87. The van der Waals surface area contributed by atoms with Crippen molar-refractivity contribution in [3.05, 3.63) is 35.9 Å². The molecule has 1 aromatic rings. The zero-order valence-corrected chi connectivity index (χ0v) is 14.5. The summed E-state index contributed by atoms with van der Waals surface area (Å²) in [6, 6.07) is 8.90. The Morgan fingerprint density at radius 1 is 1.22 bits per heavy atom. The van der Waals surface area contributed by atoms with Crippen LogP contribution in [0.25, 0.3) is 0 Å². The molecule has 130 valence electrons. The van der Waals surface area contributed by atoms with Gasteiger partial charge in [-0.05, 0) is 12.5 Å². The van der Waals surface area contributed by atoms with Gasteiger partial charge in [0.05, 0.1) is 12.7 Å². The van der Waals surface area contributed by atoms with Crippen molar-refractivity contribution in [2.24, 2.45) is 5.73 Å². The van der Waals surface area contributed by atoms with Crippen LogP contribution in [0, 0.1) is 0 Å². The molecule has 0 saturated heterocycles. The molecule has 2 unspecified atom stereocenters. The van der Waals surface area contributed by atoms with Gasteiger partial charge in [-0.1, -0.05) is 44.2 Å². The molecule has 0 aliphatic carbocycles. The molecule has 0 bridgehead atoms. The van der Waals surface area contributed by atoms with Crippen molar-refractivity contribution >= 4 is 11.8 Å². The normalized spacial score (nSPS) is 12.4. The largest absolute Gasteiger partial charge is 0.371 e. The van der Waals surface area contributed by atoms with Crippen LogP contribution >= 0.6 is 0 Å². The van der Waals surface area contributed by atoms with Crippen LogP contribution in [-0.4, -0.2) is 37.0 Å². The topological polar surface area (TPSA) is 93.5 Å². The Bertz CT molecular complexity index is 452. The Hall–Kier alpha value is -1.92. The van der Waals surface area contributed by atoms with Gasteiger partial charge < -0.3 is 21.1 Å². The van der Waals surface area contributed by atoms with Crippen LogP contribution in [0.15, 0.2) is 30.3 Å². The van der Waals surface area contributed by atoms with Crippen molar-refractivity contribution in [2.75, 3.05) is 13.1 Å². The van der Waals surface area contributed by atoms with Gasteiger partial charge in [-0.15, -0.1) is 0 Å². The highest BCUT2D eigenvalue weighted by atomic mass is 16.5. The Kier molecular flexibility index (Phi) is 11.6. The Morgan fingerprint density at radius 2 is 1.83 bits per heavy atom. The van der Waals surface area contributed by atoms with Gasteiger partial charge >= 0.3 is 0 Å². The molecule has 0 aliphatic rings. The fraction of sp³-hybridized carbons (Fsp3) is 0.529. The SMILES string of the molecule is CC.CC(=O)NC(C(=O)NCCN)C(C)OCc1ccccc1. The third-order valence-electron chi connectivity index (χ3n) is 2.91. The Balaban J connectivity index is 0.00000232. The van der Waals surface area contributed by atoms with Crippen molar-refractivity contribution in [3.8, 4) is 0 Å². The van der Waals surface area contributed by atoms with Crippen molar-refractivity contribution < 1.29 is 14.3 Å². The summed E-state index contributed by atoms with van der Waals surface area (Å²) in [7, 11) is 0. The van der Waals surface area contributed by atoms with Crippen LogP contribution in [0.1, 0.15) is 33.3 Å². The molecule has 0 saturated carbocycles. The molecular formula is C17H29N3O3. The van der Waals surface area contributed by atoms with E-state index in [1.807, 2.05) is 44.2 Å². The average Bonchev–Trinajstić information content (AvgIpc) is 2.58. The van der Waals surface area contributed by atoms with Crippen LogP contribution in [0.5, 0.6) is 0 Å². The summed E-state index contributed by atoms with van der Waals surface area (Å²) in [5.41, 5.74) is 6.36. The molecule has 1 aromatic carbocycles. The number of carbonyl (C=O) groups excluding carboxylic acids is 2. The van der Waals surface area contributed by atoms with Crippen LogP contribution in [0.2, 0.25) is 0 Å². The molecule has 4 N–H and O–H groups in total. The minimum atomic E-state index is -0.738. The highest BCUT2D eigenvalue weighted by Crippen LogP contribution is 2.06. The third-order valence-corrected chi connectivity index (χ3v) is 2.91. The van der Waals surface area contributed by atoms with E-state index >= 15 is 0 Å². The first kappa shape index (κ1) is 21.1. The maximum atomic E-state index is 12.0. The number of benzene rings is 1. The van der Waals surface area contributed by atoms with Gasteiger partial charge in [0.1, 0.15) is 6.04 Å². The molecule has 0 aliphatic heterocycles. The predicted octanol–water partition coefficient (Wildman–Crippen LogP) is 1.20. The molecule has 2 amide bonds. The molecule has 23 heavy (non-hydrogen) atoms. The Morgan fingerprint density at radius 3 is 2.35 bits per heavy atom. The van der Waals surface area contributed by atoms with E-state index in [9.17, 15) is 9.59 Å². The highest BCUT2D eigenvalue weighted by Gasteiger charge is 2.26. The summed E-state index contributed by atoms with van der Waals surface area (Å²) >= 11 is 0. The van der Waals surface area contributed by atoms with Crippen molar-refractivity contribution in [2.45, 2.75) is 46.4 Å². The molecule has 1 rings (SSSR count). The van der Waals surface area contributed by atoms with E-state index in [0.29, 0.717) is 19.7 Å². The van der Waals surface area contributed by atoms with E-state index < -0.39 is 12.1 Å². The monoisotopic (exact) mass is 323 g/mol. The van der Waals surface area contributed by atoms with Crippen LogP contribution in [0.4, 0.5) is 0 Å². The minimum Gasteiger partial charge on any atom is -0.371 e. The summed E-state index contributed by atoms with van der Waals surface area (Å²) in [5, 5.41) is 5.27. The molecule has 6 heteroatoms. The first-order valence-electron chi connectivity index (χ1n) is 7.95. The van der Waals surface area contributed by atoms with E-state index in [-0.39, 0.29) is 11.8 Å². The summed E-state index contributed by atoms with van der Waals surface area (Å²) in [6.45, 7) is 8.21. The smallest absolute Gasteiger partial charge is 0.245 e. The van der Waals surface area contributed by atoms with Gasteiger partial charge in [0.2, 0.25) is 11.8 Å². The second kappa shape index (κ2) is 12.6. The molecule has 0 fully saturated rings. The van der Waals surface area contributed by atoms with E-state index in [2.05, 4.69) is 10.6 Å². The predicted molar refractivity (Wildman–Crippen MR) is 91.7 cm³/mol. The molecule has 0 radical (unpaired) electrons. The van der Waals surface area contributed by atoms with Crippen molar-refractivity contribution in [1.82, 2.24) is 10.6 Å². The van der Waals surface area contributed by atoms with E-state index in [0.717, 1.165) is 5.56 Å². The number of hydrogen-bond donors (Lipinski definition) is 3. The molecule has 6 nitrogen and oxygen atoms in total. The number of nitrogens with one attached hydrogen (secondary N) is 2. The standard InChI is InChI=1S/C15H23N3O3.C2H6/c1-11(21-10-13-6-4-3-5-7-13)14(18-12(2)19)15(20)17-9-8-16;1-2/h3-7,11,14H,8-10,16H2,1-2H3,(H,17,20)(H,18,19);1-2H3. The van der Waals surface area contributed by atoms with E-state index in [4.69, 9.17) is 10.5 Å². The number of ether oxygens (including phenoxy) is 1. The lowest BCUT2D eigenvalue weighted by molar-refractivity contribution is -0.132. The molecule has 0 aromatic heterocycles. The second-order valence-electron chi connectivity index (χ2n) is 4.76. The first-order chi connectivity index (χ1) is 11.0. The maximum absolute atomic E-state index is 12.0. The summed E-state index contributed by atoms with van der Waals surface area (Å²) in [5.74, 6) is -0.575. The molecule has 2 atom stereocenters. The van der Waals surface area contributed by atoms with Crippen molar-refractivity contribution in [1.29, 1.82) is 0 Å². The molecule has 0 spiro atoms. The number of hydrogen-bond acceptors (Lipinski definition) is 4. The first-order valence-corrected chi connectivity index (χ1v) is 7.95. The molecule has 0 heterocycles. The lowest BCUT2D eigenvalue weighted by Gasteiger charge is -2.24. The fourth-order valence-corrected chi connectivity index (χ4v) is 1.82. The van der Waals surface area contributed by atoms with Crippen LogP contribution in [-0.2, 0) is 20.9 Å². The minimum absolute atomic E-state index is 0.280. The number of carbonyl (C=O) groups is 2. The second-order valence-corrected chi connectivity index (χ2v) is 4.76. The van der Waals surface area contributed by atoms with Crippen LogP contribution in [0.3, 0.4) is 0 Å². The van der Waals surface area contributed by atoms with Gasteiger partial charge in [-0.25, -0.2) is 0 Å². The number of amides is 2. The van der Waals surface area contributed by atoms with Crippen molar-refractivity contribution in [3.63, 3.8) is 0 Å². The van der Waals surface area contributed by atoms with Gasteiger partial charge in [0.25, 0.3) is 0 Å². The summed E-state index contributed by atoms with van der Waals surface area (Å²) in [6.07, 6.45) is -0.452. The van der Waals surface area contributed by atoms with Gasteiger partial charge in [-0.3, -0.25) is 9.59 Å². The van der Waals surface area contributed by atoms with Gasteiger partial charge in [0.15, 0.2) is 0 Å². The van der Waals surface area contributed by atoms with E-state index in [1.165, 1.54) is 6.92 Å². The van der Waals surface area contributed by atoms with E-state index in [1.54, 1.807) is 6.92 Å². The zero-order valence-electron chi connectivity index (χ0n) is 14.5. The molecular weight excluding hydrogens is 294 g/mol. The summed E-state index contributed by atoms with van der Waals surface area (Å²) < 4.78 is 5.69. The number of nitrogens with two attached hydrogens (primary N) is 1. The quantitative estimate of drug-likeness (QED) is 0.670.